The van der Waals surface area contributed by atoms with E-state index in [1.165, 1.54) is 11.3 Å². The number of esters is 1. The maximum atomic E-state index is 12.1. The van der Waals surface area contributed by atoms with E-state index in [1.54, 1.807) is 36.2 Å². The highest BCUT2D eigenvalue weighted by molar-refractivity contribution is 7.11. The Morgan fingerprint density at radius 1 is 1.43 bits per heavy atom. The maximum Gasteiger partial charge on any atom is 0.349 e. The summed E-state index contributed by atoms with van der Waals surface area (Å²) in [5.74, 6) is -0.869. The summed E-state index contributed by atoms with van der Waals surface area (Å²) in [5, 5.41) is 8.76. The SMILES string of the molecule is Cc1nn(C)c(C)c1NC(=O)[C@@H](C)OC(=O)c1cccs1. The van der Waals surface area contributed by atoms with Crippen LogP contribution >= 0.6 is 11.3 Å². The summed E-state index contributed by atoms with van der Waals surface area (Å²) < 4.78 is 6.84. The zero-order valence-electron chi connectivity index (χ0n) is 12.3. The van der Waals surface area contributed by atoms with Crippen molar-refractivity contribution in [2.24, 2.45) is 7.05 Å². The van der Waals surface area contributed by atoms with Gasteiger partial charge in [0.15, 0.2) is 6.10 Å². The molecular weight excluding hydrogens is 290 g/mol. The molecule has 0 aliphatic heterocycles. The molecule has 0 aromatic carbocycles. The molecule has 0 saturated carbocycles. The second-order valence-corrected chi connectivity index (χ2v) is 5.63. The van der Waals surface area contributed by atoms with Crippen molar-refractivity contribution in [3.63, 3.8) is 0 Å². The molecule has 0 aliphatic carbocycles. The number of aryl methyl sites for hydroxylation is 2. The van der Waals surface area contributed by atoms with Crippen molar-refractivity contribution in [3.8, 4) is 0 Å². The van der Waals surface area contributed by atoms with Crippen molar-refractivity contribution < 1.29 is 14.3 Å². The Bertz CT molecular complexity index is 661. The van der Waals surface area contributed by atoms with Gasteiger partial charge in [0, 0.05) is 7.05 Å². The van der Waals surface area contributed by atoms with Crippen molar-refractivity contribution in [3.05, 3.63) is 33.8 Å². The van der Waals surface area contributed by atoms with Crippen molar-refractivity contribution in [2.45, 2.75) is 26.9 Å². The third-order valence-corrected chi connectivity index (χ3v) is 3.98. The van der Waals surface area contributed by atoms with Crippen LogP contribution in [-0.4, -0.2) is 27.8 Å². The Labute approximate surface area is 126 Å². The van der Waals surface area contributed by atoms with Gasteiger partial charge in [0.25, 0.3) is 5.91 Å². The number of anilines is 1. The third kappa shape index (κ3) is 3.30. The van der Waals surface area contributed by atoms with Gasteiger partial charge < -0.3 is 10.1 Å². The molecule has 2 heterocycles. The Morgan fingerprint density at radius 2 is 2.14 bits per heavy atom. The Morgan fingerprint density at radius 3 is 2.67 bits per heavy atom. The van der Waals surface area contributed by atoms with Crippen LogP contribution < -0.4 is 5.32 Å². The first kappa shape index (κ1) is 15.2. The summed E-state index contributed by atoms with van der Waals surface area (Å²) in [6.07, 6.45) is -0.876. The molecule has 2 rings (SSSR count). The molecule has 0 bridgehead atoms. The minimum Gasteiger partial charge on any atom is -0.448 e. The zero-order chi connectivity index (χ0) is 15.6. The number of carbonyl (C=O) groups is 2. The van der Waals surface area contributed by atoms with Crippen LogP contribution in [-0.2, 0) is 16.6 Å². The summed E-state index contributed by atoms with van der Waals surface area (Å²) >= 11 is 1.28. The lowest BCUT2D eigenvalue weighted by atomic mass is 10.3. The molecule has 0 unspecified atom stereocenters. The van der Waals surface area contributed by atoms with Crippen LogP contribution in [0.25, 0.3) is 0 Å². The highest BCUT2D eigenvalue weighted by atomic mass is 32.1. The van der Waals surface area contributed by atoms with Crippen LogP contribution in [0.15, 0.2) is 17.5 Å². The van der Waals surface area contributed by atoms with Gasteiger partial charge in [-0.3, -0.25) is 9.48 Å². The van der Waals surface area contributed by atoms with Gasteiger partial charge in [-0.25, -0.2) is 4.79 Å². The van der Waals surface area contributed by atoms with Crippen molar-refractivity contribution in [2.75, 3.05) is 5.32 Å². The summed E-state index contributed by atoms with van der Waals surface area (Å²) in [5.41, 5.74) is 2.22. The summed E-state index contributed by atoms with van der Waals surface area (Å²) in [7, 11) is 1.80. The average molecular weight is 307 g/mol. The number of amides is 1. The predicted octanol–water partition coefficient (Wildman–Crippen LogP) is 2.28. The lowest BCUT2D eigenvalue weighted by molar-refractivity contribution is -0.123. The van der Waals surface area contributed by atoms with E-state index in [1.807, 2.05) is 13.8 Å². The molecule has 21 heavy (non-hydrogen) atoms. The first-order chi connectivity index (χ1) is 9.90. The highest BCUT2D eigenvalue weighted by Gasteiger charge is 2.21. The Kier molecular flexibility index (Phi) is 4.42. The molecule has 0 radical (unpaired) electrons. The number of hydrogen-bond acceptors (Lipinski definition) is 5. The fourth-order valence-corrected chi connectivity index (χ4v) is 2.45. The molecule has 6 nitrogen and oxygen atoms in total. The molecule has 0 fully saturated rings. The van der Waals surface area contributed by atoms with Crippen molar-refractivity contribution in [1.82, 2.24) is 9.78 Å². The van der Waals surface area contributed by atoms with Crippen LogP contribution in [0.2, 0.25) is 0 Å². The first-order valence-electron chi connectivity index (χ1n) is 6.45. The Hall–Kier alpha value is -2.15. The summed E-state index contributed by atoms with van der Waals surface area (Å²) in [4.78, 5) is 24.4. The van der Waals surface area contributed by atoms with Crippen LogP contribution in [0, 0.1) is 13.8 Å². The smallest absolute Gasteiger partial charge is 0.349 e. The van der Waals surface area contributed by atoms with Crippen molar-refractivity contribution >= 4 is 28.9 Å². The van der Waals surface area contributed by atoms with Gasteiger partial charge in [-0.1, -0.05) is 6.07 Å². The van der Waals surface area contributed by atoms with Crippen LogP contribution in [0.5, 0.6) is 0 Å². The van der Waals surface area contributed by atoms with Gasteiger partial charge >= 0.3 is 5.97 Å². The second kappa shape index (κ2) is 6.09. The minimum absolute atomic E-state index is 0.376. The number of carbonyl (C=O) groups excluding carboxylic acids is 2. The van der Waals surface area contributed by atoms with Gasteiger partial charge in [-0.05, 0) is 32.2 Å². The number of rotatable bonds is 4. The largest absolute Gasteiger partial charge is 0.448 e. The molecule has 2 aromatic rings. The van der Waals surface area contributed by atoms with Gasteiger partial charge in [0.05, 0.1) is 17.1 Å². The third-order valence-electron chi connectivity index (χ3n) is 3.13. The molecule has 1 N–H and O–H groups in total. The van der Waals surface area contributed by atoms with Crippen LogP contribution in [0.4, 0.5) is 5.69 Å². The fraction of sp³-hybridized carbons (Fsp3) is 0.357. The highest BCUT2D eigenvalue weighted by Crippen LogP contribution is 2.19. The average Bonchev–Trinajstić information content (AvgIpc) is 3.03. The quantitative estimate of drug-likeness (QED) is 0.880. The summed E-state index contributed by atoms with van der Waals surface area (Å²) in [6, 6.07) is 3.42. The van der Waals surface area contributed by atoms with E-state index in [0.717, 1.165) is 11.4 Å². The number of nitrogens with one attached hydrogen (secondary N) is 1. The van der Waals surface area contributed by atoms with E-state index < -0.39 is 12.1 Å². The standard InChI is InChI=1S/C14H17N3O3S/c1-8-12(9(2)17(4)16-8)15-13(18)10(3)20-14(19)11-6-5-7-21-11/h5-7,10H,1-4H3,(H,15,18)/t10-/m1/s1. The number of nitrogens with zero attached hydrogens (tertiary/aromatic N) is 2. The molecule has 0 saturated heterocycles. The van der Waals surface area contributed by atoms with Gasteiger partial charge in [0.2, 0.25) is 0 Å². The number of ether oxygens (including phenoxy) is 1. The molecule has 2 aromatic heterocycles. The van der Waals surface area contributed by atoms with Gasteiger partial charge in [0.1, 0.15) is 4.88 Å². The lowest BCUT2D eigenvalue weighted by Gasteiger charge is -2.13. The molecule has 0 aliphatic rings. The van der Waals surface area contributed by atoms with Gasteiger partial charge in [-0.2, -0.15) is 5.10 Å². The van der Waals surface area contributed by atoms with E-state index in [4.69, 9.17) is 4.74 Å². The topological polar surface area (TPSA) is 73.2 Å². The van der Waals surface area contributed by atoms with Crippen LogP contribution in [0.1, 0.15) is 28.0 Å². The van der Waals surface area contributed by atoms with E-state index >= 15 is 0 Å². The predicted molar refractivity (Wildman–Crippen MR) is 80.5 cm³/mol. The van der Waals surface area contributed by atoms with E-state index in [-0.39, 0.29) is 5.91 Å². The Balaban J connectivity index is 2.01. The second-order valence-electron chi connectivity index (χ2n) is 4.68. The lowest BCUT2D eigenvalue weighted by Crippen LogP contribution is -2.30. The minimum atomic E-state index is -0.876. The maximum absolute atomic E-state index is 12.1. The molecule has 1 amide bonds. The van der Waals surface area contributed by atoms with E-state index in [0.29, 0.717) is 10.6 Å². The number of aromatic nitrogens is 2. The number of thiophene rings is 1. The fourth-order valence-electron chi connectivity index (χ4n) is 1.85. The molecule has 1 atom stereocenters. The van der Waals surface area contributed by atoms with Crippen LogP contribution in [0.3, 0.4) is 0 Å². The van der Waals surface area contributed by atoms with Gasteiger partial charge in [-0.15, -0.1) is 11.3 Å². The number of hydrogen-bond donors (Lipinski definition) is 1. The van der Waals surface area contributed by atoms with E-state index in [2.05, 4.69) is 10.4 Å². The van der Waals surface area contributed by atoms with Crippen molar-refractivity contribution in [1.29, 1.82) is 0 Å². The van der Waals surface area contributed by atoms with E-state index in [9.17, 15) is 9.59 Å². The molecular formula is C14H17N3O3S. The monoisotopic (exact) mass is 307 g/mol. The normalized spacial score (nSPS) is 12.0. The molecule has 112 valence electrons. The molecule has 7 heteroatoms. The summed E-state index contributed by atoms with van der Waals surface area (Å²) in [6.45, 7) is 5.21. The first-order valence-corrected chi connectivity index (χ1v) is 7.33. The molecule has 0 spiro atoms. The zero-order valence-corrected chi connectivity index (χ0v) is 13.2.